The topological polar surface area (TPSA) is 0 Å². The summed E-state index contributed by atoms with van der Waals surface area (Å²) in [7, 11) is 0. The van der Waals surface area contributed by atoms with Gasteiger partial charge in [-0.3, -0.25) is 0 Å². The van der Waals surface area contributed by atoms with Crippen LogP contribution in [0.1, 0.15) is 67.5 Å². The van der Waals surface area contributed by atoms with Crippen LogP contribution in [0.25, 0.3) is 11.1 Å². The van der Waals surface area contributed by atoms with Crippen molar-refractivity contribution in [3.05, 3.63) is 159 Å². The maximum Gasteiger partial charge on any atom is -0.0253 e. The Bertz CT molecular complexity index is 1520. The van der Waals surface area contributed by atoms with Gasteiger partial charge in [-0.05, 0) is 6.42 Å². The summed E-state index contributed by atoms with van der Waals surface area (Å²) in [5.41, 5.74) is 11.1. The third kappa shape index (κ3) is 10.6. The maximum atomic E-state index is 5.98. The van der Waals surface area contributed by atoms with E-state index in [0.717, 1.165) is 27.6 Å². The molecule has 0 saturated heterocycles. The molecule has 0 nitrogen and oxygen atoms in total. The predicted molar refractivity (Wildman–Crippen MR) is 174 cm³/mol. The molecule has 0 saturated carbocycles. The molecule has 5 heteroatoms. The van der Waals surface area contributed by atoms with Crippen LogP contribution in [0.4, 0.5) is 0 Å². The molecule has 0 heterocycles. The van der Waals surface area contributed by atoms with Gasteiger partial charge in [0.25, 0.3) is 0 Å². The monoisotopic (exact) mass is 722 g/mol. The molecule has 0 aromatic heterocycles. The van der Waals surface area contributed by atoms with Crippen LogP contribution >= 0.6 is 23.2 Å². The molecule has 1 aliphatic carbocycles. The fourth-order valence-corrected chi connectivity index (χ4v) is 6.00. The van der Waals surface area contributed by atoms with Crippen molar-refractivity contribution < 1.29 is 49.0 Å². The van der Waals surface area contributed by atoms with Crippen molar-refractivity contribution in [1.29, 1.82) is 0 Å². The third-order valence-corrected chi connectivity index (χ3v) is 8.96. The first-order valence-corrected chi connectivity index (χ1v) is 16.1. The summed E-state index contributed by atoms with van der Waals surface area (Å²) in [6.45, 7) is 9.01. The summed E-state index contributed by atoms with van der Waals surface area (Å²) in [5, 5.41) is 1.53. The van der Waals surface area contributed by atoms with E-state index in [1.54, 1.807) is 0 Å². The zero-order valence-corrected chi connectivity index (χ0v) is 30.5. The van der Waals surface area contributed by atoms with Crippen molar-refractivity contribution in [2.75, 3.05) is 0 Å². The molecule has 0 bridgehead atoms. The van der Waals surface area contributed by atoms with Crippen molar-refractivity contribution in [1.82, 2.24) is 0 Å². The van der Waals surface area contributed by atoms with Crippen molar-refractivity contribution >= 4 is 26.4 Å². The normalized spacial score (nSPS) is 10.9. The van der Waals surface area contributed by atoms with Gasteiger partial charge in [0, 0.05) is 0 Å². The largest absolute Gasteiger partial charge is 1.00 e. The average molecular weight is 726 g/mol. The van der Waals surface area contributed by atoms with Gasteiger partial charge in [0.1, 0.15) is 0 Å². The second kappa shape index (κ2) is 17.6. The molecule has 1 aliphatic rings. The van der Waals surface area contributed by atoms with E-state index in [2.05, 4.69) is 100 Å². The number of hydrogen-bond acceptors (Lipinski definition) is 0. The fraction of sp³-hybridized carbons (Fsp3) is 0.211. The molecule has 222 valence electrons. The van der Waals surface area contributed by atoms with E-state index < -0.39 is 0 Å². The Labute approximate surface area is 295 Å². The molecule has 6 rings (SSSR count). The molecular formula is C38H36Cl4Zr-2. The summed E-state index contributed by atoms with van der Waals surface area (Å²) in [6, 6.07) is 40.7. The first-order valence-electron chi connectivity index (χ1n) is 14.1. The smallest absolute Gasteiger partial charge is 0.0253 e. The molecule has 0 unspecified atom stereocenters. The third-order valence-electron chi connectivity index (χ3n) is 7.07. The van der Waals surface area contributed by atoms with E-state index in [1.807, 2.05) is 42.5 Å². The van der Waals surface area contributed by atoms with Gasteiger partial charge >= 0.3 is 120 Å². The SMILES string of the molecule is CCCc1cc(C(C)(C)C)c[cH-]1.Clc1cccc([C](=[Zr+2])c2cccc(Cl)c2)c1.[Cl-].[Cl-].[c-]1cccc2c1Cc1ccccc1-2. The standard InChI is InChI=1S/C13H8Cl2.C13H9.C12H19.2ClH.Zr/c14-12-5-1-3-10(8-12)7-11-4-2-6-13(15)9-11;1-3-7-12-10(5-1)9-11-6-2-4-8-13(11)12;1-5-6-10-7-8-11(9-10)12(2,3)4;;;/h1-6,8-9H;1-5,7-8H,9H2;7-9H,5-6H2,1-4H3;2*1H;/q;2*-1;;;+2/p-2. The molecule has 5 aromatic rings. The van der Waals surface area contributed by atoms with Crippen LogP contribution in [0.3, 0.4) is 0 Å². The quantitative estimate of drug-likeness (QED) is 0.229. The molecular weight excluding hydrogens is 689 g/mol. The number of benzene rings is 4. The molecule has 0 atom stereocenters. The van der Waals surface area contributed by atoms with Crippen LogP contribution in [0.2, 0.25) is 10.0 Å². The Hall–Kier alpha value is -1.86. The van der Waals surface area contributed by atoms with E-state index in [9.17, 15) is 0 Å². The molecule has 43 heavy (non-hydrogen) atoms. The zero-order chi connectivity index (χ0) is 29.4. The maximum absolute atomic E-state index is 5.98. The van der Waals surface area contributed by atoms with Gasteiger partial charge in [0.05, 0.1) is 0 Å². The van der Waals surface area contributed by atoms with Crippen LogP contribution in [-0.4, -0.2) is 3.21 Å². The molecule has 0 amide bonds. The Morgan fingerprint density at radius 1 is 0.814 bits per heavy atom. The van der Waals surface area contributed by atoms with E-state index in [0.29, 0.717) is 5.41 Å². The van der Waals surface area contributed by atoms with Gasteiger partial charge in [0.15, 0.2) is 0 Å². The Morgan fingerprint density at radius 2 is 1.42 bits per heavy atom. The molecule has 5 aromatic carbocycles. The van der Waals surface area contributed by atoms with Gasteiger partial charge in [0.2, 0.25) is 0 Å². The van der Waals surface area contributed by atoms with Gasteiger partial charge in [-0.15, -0.1) is 5.56 Å². The summed E-state index contributed by atoms with van der Waals surface area (Å²) >= 11 is 13.3. The van der Waals surface area contributed by atoms with Crippen LogP contribution in [-0.2, 0) is 42.5 Å². The second-order valence-corrected chi connectivity index (χ2v) is 13.4. The van der Waals surface area contributed by atoms with Crippen molar-refractivity contribution in [3.63, 3.8) is 0 Å². The number of fused-ring (bicyclic) bond motifs is 3. The zero-order valence-electron chi connectivity index (χ0n) is 25.0. The first kappa shape index (κ1) is 37.3. The molecule has 0 aliphatic heterocycles. The van der Waals surface area contributed by atoms with Crippen LogP contribution in [0.5, 0.6) is 0 Å². The fourth-order valence-electron chi connectivity index (χ4n) is 4.86. The van der Waals surface area contributed by atoms with Crippen molar-refractivity contribution in [3.8, 4) is 11.1 Å². The molecule has 0 radical (unpaired) electrons. The van der Waals surface area contributed by atoms with Gasteiger partial charge in [-0.1, -0.05) is 81.3 Å². The number of halogens is 4. The van der Waals surface area contributed by atoms with Crippen LogP contribution < -0.4 is 24.8 Å². The minimum absolute atomic E-state index is 0. The van der Waals surface area contributed by atoms with Gasteiger partial charge < -0.3 is 24.8 Å². The van der Waals surface area contributed by atoms with Crippen molar-refractivity contribution in [2.45, 2.75) is 52.4 Å². The first-order chi connectivity index (χ1) is 19.7. The summed E-state index contributed by atoms with van der Waals surface area (Å²) in [4.78, 5) is 0. The predicted octanol–water partition coefficient (Wildman–Crippen LogP) is 4.83. The number of aryl methyl sites for hydroxylation is 1. The Morgan fingerprint density at radius 3 is 1.98 bits per heavy atom. The Kier molecular flexibility index (Phi) is 15.3. The van der Waals surface area contributed by atoms with Gasteiger partial charge in [-0.25, -0.2) is 6.07 Å². The van der Waals surface area contributed by atoms with E-state index in [-0.39, 0.29) is 24.8 Å². The summed E-state index contributed by atoms with van der Waals surface area (Å²) in [5.74, 6) is 0. The average Bonchev–Trinajstić information content (AvgIpc) is 3.59. The van der Waals surface area contributed by atoms with Crippen LogP contribution in [0.15, 0.2) is 109 Å². The molecule has 0 spiro atoms. The minimum atomic E-state index is 0. The van der Waals surface area contributed by atoms with E-state index in [4.69, 9.17) is 23.2 Å². The summed E-state index contributed by atoms with van der Waals surface area (Å²) < 4.78 is 1.26. The number of rotatable bonds is 4. The minimum Gasteiger partial charge on any atom is -1.00 e. The van der Waals surface area contributed by atoms with E-state index >= 15 is 0 Å². The Balaban J connectivity index is 0.000000222. The van der Waals surface area contributed by atoms with Gasteiger partial charge in [-0.2, -0.15) is 53.1 Å². The van der Waals surface area contributed by atoms with E-state index in [1.165, 1.54) is 73.7 Å². The van der Waals surface area contributed by atoms with Crippen LogP contribution in [0, 0.1) is 6.07 Å². The second-order valence-electron chi connectivity index (χ2n) is 11.3. The van der Waals surface area contributed by atoms with Crippen molar-refractivity contribution in [2.24, 2.45) is 0 Å². The summed E-state index contributed by atoms with van der Waals surface area (Å²) in [6.07, 6.45) is 3.51. The molecule has 0 fully saturated rings. The number of hydrogen-bond donors (Lipinski definition) is 0. The molecule has 0 N–H and O–H groups in total.